The minimum Gasteiger partial charge on any atom is -0.484 e. The second kappa shape index (κ2) is 6.67. The number of rotatable bonds is 6. The van der Waals surface area contributed by atoms with Crippen LogP contribution < -0.4 is 10.1 Å². The summed E-state index contributed by atoms with van der Waals surface area (Å²) in [5, 5.41) is 15.2. The molecule has 0 aliphatic carbocycles. The number of non-ortho nitro benzene ring substituents is 1. The number of ether oxygens (including phenoxy) is 1. The van der Waals surface area contributed by atoms with Gasteiger partial charge in [-0.25, -0.2) is 0 Å². The molecular formula is C13H12N2O4S. The molecule has 0 unspecified atom stereocenters. The van der Waals surface area contributed by atoms with Gasteiger partial charge in [-0.05, 0) is 17.5 Å². The topological polar surface area (TPSA) is 81.5 Å². The standard InChI is InChI=1S/C13H12N2O4S/c16-13(14-8-12-5-2-6-20-12)9-19-11-4-1-3-10(7-11)15(17)18/h1-7H,8-9H2,(H,14,16). The van der Waals surface area contributed by atoms with Crippen molar-refractivity contribution in [1.82, 2.24) is 5.32 Å². The van der Waals surface area contributed by atoms with E-state index in [1.54, 1.807) is 17.4 Å². The van der Waals surface area contributed by atoms with Crippen LogP contribution in [0.1, 0.15) is 4.88 Å². The van der Waals surface area contributed by atoms with Crippen molar-refractivity contribution < 1.29 is 14.5 Å². The lowest BCUT2D eigenvalue weighted by atomic mass is 10.3. The number of nitrogens with one attached hydrogen (secondary N) is 1. The molecule has 0 fully saturated rings. The predicted octanol–water partition coefficient (Wildman–Crippen LogP) is 2.35. The molecule has 0 saturated heterocycles. The summed E-state index contributed by atoms with van der Waals surface area (Å²) in [7, 11) is 0. The lowest BCUT2D eigenvalue weighted by molar-refractivity contribution is -0.384. The number of nitro groups is 1. The third kappa shape index (κ3) is 4.06. The number of carbonyl (C=O) groups excluding carboxylic acids is 1. The Labute approximate surface area is 119 Å². The number of carbonyl (C=O) groups is 1. The van der Waals surface area contributed by atoms with Gasteiger partial charge < -0.3 is 10.1 Å². The molecule has 2 aromatic rings. The first-order chi connectivity index (χ1) is 9.65. The summed E-state index contributed by atoms with van der Waals surface area (Å²) in [6, 6.07) is 9.56. The van der Waals surface area contributed by atoms with Gasteiger partial charge in [0, 0.05) is 10.9 Å². The Hall–Kier alpha value is -2.41. The molecule has 0 bridgehead atoms. The van der Waals surface area contributed by atoms with Crippen LogP contribution in [0.5, 0.6) is 5.75 Å². The maximum atomic E-state index is 11.6. The molecule has 0 radical (unpaired) electrons. The lowest BCUT2D eigenvalue weighted by Crippen LogP contribution is -2.28. The zero-order valence-corrected chi connectivity index (χ0v) is 11.3. The maximum absolute atomic E-state index is 11.6. The Balaban J connectivity index is 1.81. The Morgan fingerprint density at radius 3 is 2.90 bits per heavy atom. The van der Waals surface area contributed by atoms with E-state index in [9.17, 15) is 14.9 Å². The fourth-order valence-corrected chi connectivity index (χ4v) is 2.13. The van der Waals surface area contributed by atoms with E-state index in [1.807, 2.05) is 17.5 Å². The molecular weight excluding hydrogens is 280 g/mol. The van der Waals surface area contributed by atoms with Crippen LogP contribution in [-0.2, 0) is 11.3 Å². The van der Waals surface area contributed by atoms with Gasteiger partial charge in [0.05, 0.1) is 17.5 Å². The van der Waals surface area contributed by atoms with E-state index in [2.05, 4.69) is 5.32 Å². The Morgan fingerprint density at radius 2 is 2.20 bits per heavy atom. The van der Waals surface area contributed by atoms with Gasteiger partial charge >= 0.3 is 0 Å². The molecule has 0 saturated carbocycles. The van der Waals surface area contributed by atoms with Crippen LogP contribution >= 0.6 is 11.3 Å². The summed E-state index contributed by atoms with van der Waals surface area (Å²) in [5.41, 5.74) is -0.0681. The molecule has 1 amide bonds. The summed E-state index contributed by atoms with van der Waals surface area (Å²) in [6.45, 7) is 0.279. The monoisotopic (exact) mass is 292 g/mol. The van der Waals surface area contributed by atoms with Crippen LogP contribution in [0, 0.1) is 10.1 Å². The second-order valence-electron chi connectivity index (χ2n) is 3.90. The third-order valence-corrected chi connectivity index (χ3v) is 3.31. The van der Waals surface area contributed by atoms with E-state index < -0.39 is 4.92 Å². The average molecular weight is 292 g/mol. The molecule has 1 aromatic heterocycles. The first-order valence-corrected chi connectivity index (χ1v) is 6.69. The normalized spacial score (nSPS) is 10.0. The smallest absolute Gasteiger partial charge is 0.273 e. The molecule has 0 aliphatic heterocycles. The highest BCUT2D eigenvalue weighted by Crippen LogP contribution is 2.18. The van der Waals surface area contributed by atoms with Crippen LogP contribution in [-0.4, -0.2) is 17.4 Å². The highest BCUT2D eigenvalue weighted by molar-refractivity contribution is 7.09. The Morgan fingerprint density at radius 1 is 1.35 bits per heavy atom. The fourth-order valence-electron chi connectivity index (χ4n) is 1.49. The summed E-state index contributed by atoms with van der Waals surface area (Å²) < 4.78 is 5.22. The van der Waals surface area contributed by atoms with Crippen molar-refractivity contribution in [3.8, 4) is 5.75 Å². The Kier molecular flexibility index (Phi) is 4.67. The van der Waals surface area contributed by atoms with Crippen LogP contribution in [0.3, 0.4) is 0 Å². The van der Waals surface area contributed by atoms with Crippen molar-refractivity contribution >= 4 is 22.9 Å². The molecule has 1 heterocycles. The van der Waals surface area contributed by atoms with Gasteiger partial charge in [-0.15, -0.1) is 11.3 Å². The fraction of sp³-hybridized carbons (Fsp3) is 0.154. The molecule has 2 rings (SSSR count). The second-order valence-corrected chi connectivity index (χ2v) is 4.93. The van der Waals surface area contributed by atoms with Crippen LogP contribution in [0.2, 0.25) is 0 Å². The number of hydrogen-bond donors (Lipinski definition) is 1. The van der Waals surface area contributed by atoms with Crippen LogP contribution in [0.15, 0.2) is 41.8 Å². The molecule has 0 spiro atoms. The van der Waals surface area contributed by atoms with Crippen molar-refractivity contribution in [2.75, 3.05) is 6.61 Å². The van der Waals surface area contributed by atoms with Crippen molar-refractivity contribution in [3.05, 3.63) is 56.8 Å². The van der Waals surface area contributed by atoms with E-state index in [0.29, 0.717) is 12.3 Å². The van der Waals surface area contributed by atoms with Gasteiger partial charge in [0.1, 0.15) is 5.75 Å². The summed E-state index contributed by atoms with van der Waals surface area (Å²) in [5.74, 6) is 0.0235. The highest BCUT2D eigenvalue weighted by Gasteiger charge is 2.08. The van der Waals surface area contributed by atoms with Gasteiger partial charge in [-0.2, -0.15) is 0 Å². The van der Waals surface area contributed by atoms with E-state index >= 15 is 0 Å². The number of nitrogens with zero attached hydrogens (tertiary/aromatic N) is 1. The molecule has 7 heteroatoms. The number of thiophene rings is 1. The van der Waals surface area contributed by atoms with E-state index in [0.717, 1.165) is 4.88 Å². The zero-order valence-electron chi connectivity index (χ0n) is 10.4. The number of hydrogen-bond acceptors (Lipinski definition) is 5. The van der Waals surface area contributed by atoms with Gasteiger partial charge in [0.15, 0.2) is 6.61 Å². The molecule has 0 atom stereocenters. The van der Waals surface area contributed by atoms with Crippen molar-refractivity contribution in [3.63, 3.8) is 0 Å². The minimum atomic E-state index is -0.510. The Bertz CT molecular complexity index is 598. The number of benzene rings is 1. The largest absolute Gasteiger partial charge is 0.484 e. The minimum absolute atomic E-state index is 0.0681. The molecule has 0 aliphatic rings. The van der Waals surface area contributed by atoms with Crippen molar-refractivity contribution in [2.45, 2.75) is 6.54 Å². The maximum Gasteiger partial charge on any atom is 0.273 e. The summed E-state index contributed by atoms with van der Waals surface area (Å²) >= 11 is 1.55. The number of nitro benzene ring substituents is 1. The van der Waals surface area contributed by atoms with Gasteiger partial charge in [-0.1, -0.05) is 12.1 Å². The van der Waals surface area contributed by atoms with E-state index in [1.165, 1.54) is 18.2 Å². The van der Waals surface area contributed by atoms with Gasteiger partial charge in [0.2, 0.25) is 0 Å². The van der Waals surface area contributed by atoms with Gasteiger partial charge in [-0.3, -0.25) is 14.9 Å². The van der Waals surface area contributed by atoms with Crippen LogP contribution in [0.25, 0.3) is 0 Å². The van der Waals surface area contributed by atoms with E-state index in [-0.39, 0.29) is 18.2 Å². The molecule has 1 N–H and O–H groups in total. The van der Waals surface area contributed by atoms with E-state index in [4.69, 9.17) is 4.74 Å². The summed E-state index contributed by atoms with van der Waals surface area (Å²) in [6.07, 6.45) is 0. The molecule has 1 aromatic carbocycles. The van der Waals surface area contributed by atoms with Gasteiger partial charge in [0.25, 0.3) is 11.6 Å². The quantitative estimate of drug-likeness (QED) is 0.654. The predicted molar refractivity (Wildman–Crippen MR) is 74.8 cm³/mol. The SMILES string of the molecule is O=C(COc1cccc([N+](=O)[O-])c1)NCc1cccs1. The number of amides is 1. The lowest BCUT2D eigenvalue weighted by Gasteiger charge is -2.06. The van der Waals surface area contributed by atoms with Crippen molar-refractivity contribution in [1.29, 1.82) is 0 Å². The molecule has 20 heavy (non-hydrogen) atoms. The average Bonchev–Trinajstić information content (AvgIpc) is 2.96. The molecule has 104 valence electrons. The van der Waals surface area contributed by atoms with Crippen LogP contribution in [0.4, 0.5) is 5.69 Å². The molecule has 6 nitrogen and oxygen atoms in total. The third-order valence-electron chi connectivity index (χ3n) is 2.44. The first kappa shape index (κ1) is 14.0. The summed E-state index contributed by atoms with van der Waals surface area (Å²) in [4.78, 5) is 22.7. The highest BCUT2D eigenvalue weighted by atomic mass is 32.1. The first-order valence-electron chi connectivity index (χ1n) is 5.81. The zero-order chi connectivity index (χ0) is 14.4. The van der Waals surface area contributed by atoms with Crippen molar-refractivity contribution in [2.24, 2.45) is 0 Å².